The summed E-state index contributed by atoms with van der Waals surface area (Å²) < 4.78 is 3.95. The van der Waals surface area contributed by atoms with Crippen molar-refractivity contribution in [2.75, 3.05) is 0 Å². The number of ketones is 1. The van der Waals surface area contributed by atoms with Crippen molar-refractivity contribution in [2.45, 2.75) is 58.5 Å². The fourth-order valence-corrected chi connectivity index (χ4v) is 6.54. The van der Waals surface area contributed by atoms with E-state index in [9.17, 15) is 4.79 Å². The first kappa shape index (κ1) is 18.0. The Morgan fingerprint density at radius 3 is 2.04 bits per heavy atom. The number of halogens is 1. The summed E-state index contributed by atoms with van der Waals surface area (Å²) in [5.41, 5.74) is 2.46. The van der Waals surface area contributed by atoms with E-state index in [0.29, 0.717) is 17.9 Å². The molecule has 26 heavy (non-hydrogen) atoms. The molecule has 4 fully saturated rings. The average Bonchev–Trinajstić information content (AvgIpc) is 2.85. The van der Waals surface area contributed by atoms with Gasteiger partial charge in [-0.3, -0.25) is 10.2 Å². The zero-order valence-electron chi connectivity index (χ0n) is 15.4. The second-order valence-electron chi connectivity index (χ2n) is 8.76. The summed E-state index contributed by atoms with van der Waals surface area (Å²) in [4.78, 5) is 13.4. The van der Waals surface area contributed by atoms with Crippen molar-refractivity contribution >= 4 is 33.8 Å². The number of hydrogen-bond donors (Lipinski definition) is 1. The van der Waals surface area contributed by atoms with E-state index in [2.05, 4.69) is 13.0 Å². The number of fused-ring (bicyclic) bond motifs is 1. The number of para-hydroxylation sites is 2. The molecule has 6 rings (SSSR count). The molecule has 0 spiro atoms. The van der Waals surface area contributed by atoms with E-state index in [4.69, 9.17) is 5.41 Å². The van der Waals surface area contributed by atoms with Gasteiger partial charge in [-0.05, 0) is 75.3 Å². The van der Waals surface area contributed by atoms with Crippen LogP contribution in [0.5, 0.6) is 0 Å². The lowest BCUT2D eigenvalue weighted by atomic mass is 9.48. The minimum Gasteiger partial charge on any atom is -0.311 e. The molecule has 4 aliphatic carbocycles. The van der Waals surface area contributed by atoms with E-state index in [-0.39, 0.29) is 22.4 Å². The molecule has 0 saturated heterocycles. The van der Waals surface area contributed by atoms with Crippen LogP contribution < -0.4 is 5.62 Å². The standard InChI is InChI=1S/C21H27N3O.BrH/c1-2-23-17-5-3-4-6-18(17)24(20(23)22)13-19(25)21-10-14-7-15(11-21)9-16(8-14)12-21;/h3-6,14-16,22H,2,7-13H2,1H3;1H. The highest BCUT2D eigenvalue weighted by Gasteiger charge is 2.54. The van der Waals surface area contributed by atoms with Gasteiger partial charge in [0.2, 0.25) is 5.62 Å². The van der Waals surface area contributed by atoms with Crippen LogP contribution in [0.15, 0.2) is 24.3 Å². The Bertz CT molecular complexity index is 874. The van der Waals surface area contributed by atoms with E-state index in [1.165, 1.54) is 19.3 Å². The van der Waals surface area contributed by atoms with Crippen LogP contribution in [0.1, 0.15) is 45.4 Å². The van der Waals surface area contributed by atoms with Gasteiger partial charge >= 0.3 is 0 Å². The van der Waals surface area contributed by atoms with Crippen molar-refractivity contribution in [1.82, 2.24) is 9.13 Å². The molecule has 0 amide bonds. The fraction of sp³-hybridized carbons (Fsp3) is 0.619. The number of rotatable bonds is 4. The van der Waals surface area contributed by atoms with Gasteiger partial charge in [0.25, 0.3) is 0 Å². The largest absolute Gasteiger partial charge is 0.311 e. The molecule has 4 nitrogen and oxygen atoms in total. The third-order valence-electron chi connectivity index (χ3n) is 7.22. The zero-order valence-corrected chi connectivity index (χ0v) is 17.1. The number of Topliss-reactive ketones (excluding diaryl/α,β-unsaturated/α-hetero) is 1. The highest BCUT2D eigenvalue weighted by molar-refractivity contribution is 8.93. The Kier molecular flexibility index (Phi) is 4.41. The van der Waals surface area contributed by atoms with E-state index in [1.807, 2.05) is 27.3 Å². The van der Waals surface area contributed by atoms with Gasteiger partial charge < -0.3 is 9.13 Å². The summed E-state index contributed by atoms with van der Waals surface area (Å²) in [6.07, 6.45) is 7.41. The highest BCUT2D eigenvalue weighted by atomic mass is 79.9. The van der Waals surface area contributed by atoms with E-state index in [1.54, 1.807) is 0 Å². The van der Waals surface area contributed by atoms with Crippen molar-refractivity contribution in [3.63, 3.8) is 0 Å². The molecule has 0 atom stereocenters. The lowest BCUT2D eigenvalue weighted by Gasteiger charge is -2.56. The van der Waals surface area contributed by atoms with Crippen molar-refractivity contribution in [1.29, 1.82) is 5.41 Å². The number of carbonyl (C=O) groups is 1. The van der Waals surface area contributed by atoms with Crippen LogP contribution in [0, 0.1) is 28.6 Å². The van der Waals surface area contributed by atoms with Crippen molar-refractivity contribution in [3.05, 3.63) is 29.9 Å². The summed E-state index contributed by atoms with van der Waals surface area (Å²) in [7, 11) is 0. The minimum atomic E-state index is -0.0798. The highest BCUT2D eigenvalue weighted by Crippen LogP contribution is 2.60. The predicted octanol–water partition coefficient (Wildman–Crippen LogP) is 4.31. The summed E-state index contributed by atoms with van der Waals surface area (Å²) in [5, 5.41) is 8.58. The van der Waals surface area contributed by atoms with Crippen LogP contribution in [-0.4, -0.2) is 14.9 Å². The van der Waals surface area contributed by atoms with Crippen LogP contribution in [0.25, 0.3) is 11.0 Å². The maximum atomic E-state index is 13.4. The maximum Gasteiger partial charge on any atom is 0.203 e. The first-order valence-electron chi connectivity index (χ1n) is 9.85. The van der Waals surface area contributed by atoms with Crippen molar-refractivity contribution in [2.24, 2.45) is 23.2 Å². The Balaban J connectivity index is 0.00000168. The van der Waals surface area contributed by atoms with Gasteiger partial charge in [0.05, 0.1) is 17.6 Å². The molecule has 0 aliphatic heterocycles. The molecule has 4 aliphatic rings. The Labute approximate surface area is 164 Å². The first-order valence-corrected chi connectivity index (χ1v) is 9.85. The van der Waals surface area contributed by atoms with Gasteiger partial charge in [-0.15, -0.1) is 17.0 Å². The number of aromatic nitrogens is 2. The number of imidazole rings is 1. The van der Waals surface area contributed by atoms with Gasteiger partial charge in [-0.1, -0.05) is 12.1 Å². The molecular formula is C21H28BrN3O. The van der Waals surface area contributed by atoms with Crippen LogP contribution >= 0.6 is 17.0 Å². The number of nitrogens with one attached hydrogen (secondary N) is 1. The monoisotopic (exact) mass is 417 g/mol. The van der Waals surface area contributed by atoms with Crippen LogP contribution in [0.2, 0.25) is 0 Å². The lowest BCUT2D eigenvalue weighted by Crippen LogP contribution is -2.51. The second-order valence-corrected chi connectivity index (χ2v) is 8.76. The average molecular weight is 418 g/mol. The van der Waals surface area contributed by atoms with Gasteiger partial charge in [-0.25, -0.2) is 0 Å². The van der Waals surface area contributed by atoms with Gasteiger partial charge in [0.15, 0.2) is 5.78 Å². The zero-order chi connectivity index (χ0) is 17.2. The molecule has 4 bridgehead atoms. The Morgan fingerprint density at radius 1 is 1.04 bits per heavy atom. The smallest absolute Gasteiger partial charge is 0.203 e. The van der Waals surface area contributed by atoms with Crippen molar-refractivity contribution < 1.29 is 4.79 Å². The summed E-state index contributed by atoms with van der Waals surface area (Å²) in [6, 6.07) is 8.13. The molecule has 5 heteroatoms. The topological polar surface area (TPSA) is 50.8 Å². The van der Waals surface area contributed by atoms with Crippen molar-refractivity contribution in [3.8, 4) is 0 Å². The molecule has 1 N–H and O–H groups in total. The third-order valence-corrected chi connectivity index (χ3v) is 7.22. The van der Waals surface area contributed by atoms with E-state index in [0.717, 1.165) is 54.6 Å². The molecule has 1 aromatic heterocycles. The number of nitrogens with zero attached hydrogens (tertiary/aromatic N) is 2. The number of benzene rings is 1. The molecule has 0 unspecified atom stereocenters. The molecule has 1 aromatic carbocycles. The molecular weight excluding hydrogens is 390 g/mol. The van der Waals surface area contributed by atoms with Gasteiger partial charge in [-0.2, -0.15) is 0 Å². The SMILES string of the molecule is Br.CCn1c(=N)n(CC(=O)C23CC4CC(CC(C4)C2)C3)c2ccccc21. The third kappa shape index (κ3) is 2.54. The Hall–Kier alpha value is -1.36. The van der Waals surface area contributed by atoms with Gasteiger partial charge in [0, 0.05) is 12.0 Å². The molecule has 2 aromatic rings. The van der Waals surface area contributed by atoms with Crippen LogP contribution in [-0.2, 0) is 17.9 Å². The van der Waals surface area contributed by atoms with Crippen LogP contribution in [0.4, 0.5) is 0 Å². The summed E-state index contributed by atoms with van der Waals surface area (Å²) in [6.45, 7) is 3.20. The quantitative estimate of drug-likeness (QED) is 0.791. The Morgan fingerprint density at radius 2 is 1.54 bits per heavy atom. The summed E-state index contributed by atoms with van der Waals surface area (Å²) >= 11 is 0. The second kappa shape index (κ2) is 6.36. The number of carbonyl (C=O) groups excluding carboxylic acids is 1. The molecule has 1 heterocycles. The molecule has 0 radical (unpaired) electrons. The summed E-state index contributed by atoms with van der Waals surface area (Å²) in [5.74, 6) is 2.75. The van der Waals surface area contributed by atoms with Gasteiger partial charge in [0.1, 0.15) is 0 Å². The minimum absolute atomic E-state index is 0. The first-order chi connectivity index (χ1) is 12.1. The predicted molar refractivity (Wildman–Crippen MR) is 107 cm³/mol. The lowest BCUT2D eigenvalue weighted by molar-refractivity contribution is -0.144. The molecule has 4 saturated carbocycles. The molecule has 140 valence electrons. The normalized spacial score (nSPS) is 32.0. The van der Waals surface area contributed by atoms with E-state index < -0.39 is 0 Å². The number of hydrogen-bond acceptors (Lipinski definition) is 2. The van der Waals surface area contributed by atoms with E-state index >= 15 is 0 Å². The van der Waals surface area contributed by atoms with Crippen LogP contribution in [0.3, 0.4) is 0 Å². The fourth-order valence-electron chi connectivity index (χ4n) is 6.54. The number of aryl methyl sites for hydroxylation is 1. The maximum absolute atomic E-state index is 13.4.